The molecule has 2 aromatic heterocycles. The molecule has 2 nitrogen and oxygen atoms in total. The molecule has 0 radical (unpaired) electrons. The molecule has 5 heteroatoms. The summed E-state index contributed by atoms with van der Waals surface area (Å²) in [5.74, 6) is 1.23. The van der Waals surface area contributed by atoms with Crippen LogP contribution in [0.3, 0.4) is 0 Å². The Morgan fingerprint density at radius 2 is 2.23 bits per heavy atom. The largest absolute Gasteiger partial charge is 0.232 e. The highest BCUT2D eigenvalue weighted by molar-refractivity contribution is 7.17. The van der Waals surface area contributed by atoms with E-state index in [0.29, 0.717) is 23.3 Å². The number of alkyl halides is 1. The fraction of sp³-hybridized carbons (Fsp3) is 0.250. The van der Waals surface area contributed by atoms with Crippen molar-refractivity contribution in [2.45, 2.75) is 6.42 Å². The van der Waals surface area contributed by atoms with E-state index in [9.17, 15) is 0 Å². The molecule has 0 fully saturated rings. The van der Waals surface area contributed by atoms with Crippen molar-refractivity contribution in [3.8, 4) is 0 Å². The first kappa shape index (κ1) is 9.19. The molecule has 68 valence electrons. The first-order valence-electron chi connectivity index (χ1n) is 3.77. The number of nitrogens with zero attached hydrogens (tertiary/aromatic N) is 2. The maximum absolute atomic E-state index is 5.96. The molecule has 0 aliphatic carbocycles. The fourth-order valence-corrected chi connectivity index (χ4v) is 2.28. The van der Waals surface area contributed by atoms with Gasteiger partial charge in [0.15, 0.2) is 5.15 Å². The number of rotatable bonds is 2. The van der Waals surface area contributed by atoms with Crippen LogP contribution in [-0.2, 0) is 6.42 Å². The van der Waals surface area contributed by atoms with E-state index in [0.717, 1.165) is 10.2 Å². The lowest BCUT2D eigenvalue weighted by atomic mass is 10.4. The molecule has 0 N–H and O–H groups in total. The third kappa shape index (κ3) is 1.77. The van der Waals surface area contributed by atoms with E-state index in [-0.39, 0.29) is 0 Å². The van der Waals surface area contributed by atoms with Gasteiger partial charge in [-0.25, -0.2) is 9.97 Å². The van der Waals surface area contributed by atoms with Gasteiger partial charge in [-0.2, -0.15) is 0 Å². The Bertz CT molecular complexity index is 427. The van der Waals surface area contributed by atoms with E-state index in [2.05, 4.69) is 9.97 Å². The van der Waals surface area contributed by atoms with Crippen LogP contribution in [0.5, 0.6) is 0 Å². The lowest BCUT2D eigenvalue weighted by molar-refractivity contribution is 0.968. The van der Waals surface area contributed by atoms with Crippen LogP contribution in [0.1, 0.15) is 5.82 Å². The predicted molar refractivity (Wildman–Crippen MR) is 56.8 cm³/mol. The zero-order valence-electron chi connectivity index (χ0n) is 6.63. The number of thiophene rings is 1. The highest BCUT2D eigenvalue weighted by Gasteiger charge is 2.05. The van der Waals surface area contributed by atoms with Crippen LogP contribution < -0.4 is 0 Å². The van der Waals surface area contributed by atoms with E-state index in [1.165, 1.54) is 0 Å². The summed E-state index contributed by atoms with van der Waals surface area (Å²) in [7, 11) is 0. The van der Waals surface area contributed by atoms with Gasteiger partial charge in [0, 0.05) is 12.3 Å². The van der Waals surface area contributed by atoms with Gasteiger partial charge < -0.3 is 0 Å². The summed E-state index contributed by atoms with van der Waals surface area (Å²) in [5, 5.41) is 2.48. The van der Waals surface area contributed by atoms with Crippen LogP contribution in [0.2, 0.25) is 5.15 Å². The first-order valence-corrected chi connectivity index (χ1v) is 5.56. The topological polar surface area (TPSA) is 25.8 Å². The van der Waals surface area contributed by atoms with Crippen LogP contribution >= 0.6 is 34.5 Å². The second-order valence-corrected chi connectivity index (χ2v) is 4.16. The third-order valence-corrected chi connectivity index (χ3v) is 3.11. The van der Waals surface area contributed by atoms with E-state index >= 15 is 0 Å². The van der Waals surface area contributed by atoms with Crippen molar-refractivity contribution in [1.29, 1.82) is 0 Å². The van der Waals surface area contributed by atoms with Crippen LogP contribution in [0.15, 0.2) is 11.4 Å². The van der Waals surface area contributed by atoms with Crippen molar-refractivity contribution in [3.05, 3.63) is 22.4 Å². The molecule has 0 aromatic carbocycles. The van der Waals surface area contributed by atoms with E-state index in [1.54, 1.807) is 11.3 Å². The quantitative estimate of drug-likeness (QED) is 0.588. The molecule has 0 aliphatic rings. The normalized spacial score (nSPS) is 10.9. The van der Waals surface area contributed by atoms with Crippen molar-refractivity contribution in [2.75, 3.05) is 5.88 Å². The zero-order chi connectivity index (χ0) is 9.26. The Kier molecular flexibility index (Phi) is 2.67. The molecule has 13 heavy (non-hydrogen) atoms. The average molecular weight is 233 g/mol. The molecule has 0 saturated heterocycles. The van der Waals surface area contributed by atoms with Gasteiger partial charge in [-0.1, -0.05) is 11.6 Å². The molecular formula is C8H6Cl2N2S. The van der Waals surface area contributed by atoms with Crippen molar-refractivity contribution in [1.82, 2.24) is 9.97 Å². The molecule has 2 rings (SSSR count). The first-order chi connectivity index (χ1) is 6.31. The van der Waals surface area contributed by atoms with Crippen molar-refractivity contribution in [2.24, 2.45) is 0 Å². The number of hydrogen-bond acceptors (Lipinski definition) is 3. The monoisotopic (exact) mass is 232 g/mol. The van der Waals surface area contributed by atoms with Gasteiger partial charge >= 0.3 is 0 Å². The Morgan fingerprint density at radius 3 is 3.00 bits per heavy atom. The Balaban J connectivity index is 2.56. The number of aryl methyl sites for hydroxylation is 1. The second kappa shape index (κ2) is 3.78. The van der Waals surface area contributed by atoms with Gasteiger partial charge in [0.05, 0.1) is 10.2 Å². The summed E-state index contributed by atoms with van der Waals surface area (Å²) in [6.45, 7) is 0. The Labute approximate surface area is 89.5 Å². The highest BCUT2D eigenvalue weighted by Crippen LogP contribution is 2.25. The SMILES string of the molecule is ClCCc1nc(Cl)c2sccc2n1. The van der Waals surface area contributed by atoms with Crippen LogP contribution in [0, 0.1) is 0 Å². The second-order valence-electron chi connectivity index (χ2n) is 2.50. The van der Waals surface area contributed by atoms with E-state index in [1.807, 2.05) is 11.4 Å². The standard InChI is InChI=1S/C8H6Cl2N2S/c9-3-1-6-11-5-2-4-13-7(5)8(10)12-6/h2,4H,1,3H2. The Morgan fingerprint density at radius 1 is 1.38 bits per heavy atom. The third-order valence-electron chi connectivity index (χ3n) is 1.63. The molecular weight excluding hydrogens is 227 g/mol. The highest BCUT2D eigenvalue weighted by atomic mass is 35.5. The Hall–Kier alpha value is -0.380. The molecule has 0 atom stereocenters. The summed E-state index contributed by atoms with van der Waals surface area (Å²) < 4.78 is 0.944. The van der Waals surface area contributed by atoms with Crippen molar-refractivity contribution >= 4 is 44.8 Å². The summed E-state index contributed by atoms with van der Waals surface area (Å²) in [5.41, 5.74) is 0.908. The number of fused-ring (bicyclic) bond motifs is 1. The summed E-state index contributed by atoms with van der Waals surface area (Å²) >= 11 is 13.1. The minimum absolute atomic E-state index is 0.520. The number of aromatic nitrogens is 2. The minimum atomic E-state index is 0.520. The van der Waals surface area contributed by atoms with Gasteiger partial charge in [0.2, 0.25) is 0 Å². The molecule has 2 aromatic rings. The van der Waals surface area contributed by atoms with Gasteiger partial charge in [-0.15, -0.1) is 22.9 Å². The number of hydrogen-bond donors (Lipinski definition) is 0. The maximum Gasteiger partial charge on any atom is 0.150 e. The maximum atomic E-state index is 5.96. The molecule has 0 amide bonds. The summed E-state index contributed by atoms with van der Waals surface area (Å²) in [6.07, 6.45) is 0.660. The van der Waals surface area contributed by atoms with E-state index in [4.69, 9.17) is 23.2 Å². The average Bonchev–Trinajstić information content (AvgIpc) is 2.53. The van der Waals surface area contributed by atoms with Crippen molar-refractivity contribution in [3.63, 3.8) is 0 Å². The predicted octanol–water partition coefficient (Wildman–Crippen LogP) is 3.13. The molecule has 0 bridgehead atoms. The minimum Gasteiger partial charge on any atom is -0.232 e. The van der Waals surface area contributed by atoms with Crippen LogP contribution in [-0.4, -0.2) is 15.8 Å². The fourth-order valence-electron chi connectivity index (χ4n) is 1.07. The summed E-state index contributed by atoms with van der Waals surface area (Å²) in [6, 6.07) is 1.94. The lowest BCUT2D eigenvalue weighted by Crippen LogP contribution is -1.95. The van der Waals surface area contributed by atoms with Gasteiger partial charge in [-0.05, 0) is 11.4 Å². The van der Waals surface area contributed by atoms with Gasteiger partial charge in [0.25, 0.3) is 0 Å². The molecule has 0 saturated carbocycles. The van der Waals surface area contributed by atoms with E-state index < -0.39 is 0 Å². The van der Waals surface area contributed by atoms with Gasteiger partial charge in [-0.3, -0.25) is 0 Å². The number of halogens is 2. The smallest absolute Gasteiger partial charge is 0.150 e. The molecule has 0 spiro atoms. The molecule has 2 heterocycles. The van der Waals surface area contributed by atoms with Gasteiger partial charge in [0.1, 0.15) is 5.82 Å². The lowest BCUT2D eigenvalue weighted by Gasteiger charge is -1.97. The van der Waals surface area contributed by atoms with Crippen molar-refractivity contribution < 1.29 is 0 Å². The summed E-state index contributed by atoms with van der Waals surface area (Å²) in [4.78, 5) is 8.46. The van der Waals surface area contributed by atoms with Crippen LogP contribution in [0.4, 0.5) is 0 Å². The molecule has 0 aliphatic heterocycles. The molecule has 0 unspecified atom stereocenters. The zero-order valence-corrected chi connectivity index (χ0v) is 8.96. The van der Waals surface area contributed by atoms with Crippen LogP contribution in [0.25, 0.3) is 10.2 Å².